The molecule has 0 aliphatic heterocycles. The van der Waals surface area contributed by atoms with Crippen LogP contribution in [-0.4, -0.2) is 50.5 Å². The van der Waals surface area contributed by atoms with Crippen molar-refractivity contribution in [3.63, 3.8) is 0 Å². The van der Waals surface area contributed by atoms with Crippen molar-refractivity contribution in [3.05, 3.63) is 65.2 Å². The van der Waals surface area contributed by atoms with Crippen LogP contribution in [0.1, 0.15) is 43.4 Å². The number of carbonyl (C=O) groups excluding carboxylic acids is 2. The fourth-order valence-corrected chi connectivity index (χ4v) is 4.73. The highest BCUT2D eigenvalue weighted by atomic mass is 32.2. The van der Waals surface area contributed by atoms with Gasteiger partial charge >= 0.3 is 0 Å². The van der Waals surface area contributed by atoms with Gasteiger partial charge in [0.15, 0.2) is 0 Å². The van der Waals surface area contributed by atoms with Crippen molar-refractivity contribution < 1.29 is 18.0 Å². The molecule has 0 fully saturated rings. The lowest BCUT2D eigenvalue weighted by Gasteiger charge is -2.29. The number of hydrogen-bond acceptors (Lipinski definition) is 4. The van der Waals surface area contributed by atoms with Crippen molar-refractivity contribution in [1.29, 1.82) is 0 Å². The minimum Gasteiger partial charge on any atom is -0.355 e. The molecule has 0 bridgehead atoms. The number of aryl methyl sites for hydroxylation is 2. The molecule has 180 valence electrons. The van der Waals surface area contributed by atoms with Gasteiger partial charge in [0.05, 0.1) is 11.9 Å². The molecule has 0 saturated heterocycles. The molecule has 0 unspecified atom stereocenters. The van der Waals surface area contributed by atoms with E-state index in [1.54, 1.807) is 11.8 Å². The van der Waals surface area contributed by atoms with E-state index in [9.17, 15) is 18.0 Å². The molecule has 2 aromatic carbocycles. The summed E-state index contributed by atoms with van der Waals surface area (Å²) in [6.45, 7) is 8.36. The Balaban J connectivity index is 2.15. The predicted molar refractivity (Wildman–Crippen MR) is 132 cm³/mol. The Morgan fingerprint density at radius 3 is 2.18 bits per heavy atom. The summed E-state index contributed by atoms with van der Waals surface area (Å²) in [6, 6.07) is 14.5. The average molecular weight is 474 g/mol. The van der Waals surface area contributed by atoms with Gasteiger partial charge in [-0.2, -0.15) is 0 Å². The standard InChI is InChI=1S/C25H35N3O4S/c1-6-26-25(30)21(4)27(18-22-11-8-7-9-12-22)24(29)13-10-14-28(33(5,31)32)23-16-19(2)15-20(3)17-23/h7-9,11-12,15-17,21H,6,10,13-14,18H2,1-5H3,(H,26,30)/t21-/m0/s1. The van der Waals surface area contributed by atoms with E-state index in [2.05, 4.69) is 5.32 Å². The molecule has 33 heavy (non-hydrogen) atoms. The lowest BCUT2D eigenvalue weighted by Crippen LogP contribution is -2.47. The quantitative estimate of drug-likeness (QED) is 0.542. The van der Waals surface area contributed by atoms with Gasteiger partial charge in [-0.15, -0.1) is 0 Å². The highest BCUT2D eigenvalue weighted by Crippen LogP contribution is 2.22. The molecule has 0 heterocycles. The van der Waals surface area contributed by atoms with Gasteiger partial charge < -0.3 is 10.2 Å². The Hall–Kier alpha value is -2.87. The van der Waals surface area contributed by atoms with E-state index in [0.717, 1.165) is 16.7 Å². The van der Waals surface area contributed by atoms with Crippen LogP contribution in [-0.2, 0) is 26.2 Å². The van der Waals surface area contributed by atoms with Gasteiger partial charge in [0.1, 0.15) is 6.04 Å². The largest absolute Gasteiger partial charge is 0.355 e. The lowest BCUT2D eigenvalue weighted by atomic mass is 10.1. The molecule has 0 aliphatic rings. The molecule has 2 rings (SSSR count). The van der Waals surface area contributed by atoms with E-state index in [1.165, 1.54) is 10.6 Å². The number of likely N-dealkylation sites (N-methyl/N-ethyl adjacent to an activating group) is 1. The van der Waals surface area contributed by atoms with E-state index in [-0.39, 0.29) is 24.8 Å². The minimum atomic E-state index is -3.51. The first-order chi connectivity index (χ1) is 15.5. The maximum atomic E-state index is 13.2. The third kappa shape index (κ3) is 7.89. The fourth-order valence-electron chi connectivity index (χ4n) is 3.78. The van der Waals surface area contributed by atoms with Crippen LogP contribution in [0.5, 0.6) is 0 Å². The molecule has 0 aromatic heterocycles. The number of carbonyl (C=O) groups is 2. The first-order valence-corrected chi connectivity index (χ1v) is 13.0. The van der Waals surface area contributed by atoms with E-state index in [1.807, 2.05) is 69.3 Å². The van der Waals surface area contributed by atoms with Gasteiger partial charge in [-0.3, -0.25) is 13.9 Å². The summed E-state index contributed by atoms with van der Waals surface area (Å²) in [7, 11) is -3.51. The number of rotatable bonds is 11. The summed E-state index contributed by atoms with van der Waals surface area (Å²) in [4.78, 5) is 27.2. The molecule has 0 saturated carbocycles. The van der Waals surface area contributed by atoms with Crippen molar-refractivity contribution in [2.45, 2.75) is 53.1 Å². The Morgan fingerprint density at radius 1 is 1.03 bits per heavy atom. The van der Waals surface area contributed by atoms with Gasteiger partial charge in [0.2, 0.25) is 21.8 Å². The van der Waals surface area contributed by atoms with Crippen LogP contribution in [0.2, 0.25) is 0 Å². The van der Waals surface area contributed by atoms with Crippen molar-refractivity contribution in [3.8, 4) is 0 Å². The third-order valence-corrected chi connectivity index (χ3v) is 6.55. The first-order valence-electron chi connectivity index (χ1n) is 11.2. The molecular weight excluding hydrogens is 438 g/mol. The van der Waals surface area contributed by atoms with Crippen LogP contribution in [0, 0.1) is 13.8 Å². The van der Waals surface area contributed by atoms with Crippen LogP contribution in [0.3, 0.4) is 0 Å². The zero-order valence-electron chi connectivity index (χ0n) is 20.2. The summed E-state index contributed by atoms with van der Waals surface area (Å²) in [5.41, 5.74) is 3.47. The number of hydrogen-bond donors (Lipinski definition) is 1. The van der Waals surface area contributed by atoms with Gasteiger partial charge in [-0.05, 0) is 62.9 Å². The molecule has 0 spiro atoms. The van der Waals surface area contributed by atoms with Crippen molar-refractivity contribution in [2.24, 2.45) is 0 Å². The van der Waals surface area contributed by atoms with E-state index < -0.39 is 16.1 Å². The Kier molecular flexibility index (Phi) is 9.46. The summed E-state index contributed by atoms with van der Waals surface area (Å²) in [5, 5.41) is 2.77. The van der Waals surface area contributed by atoms with Gasteiger partial charge in [-0.25, -0.2) is 8.42 Å². The van der Waals surface area contributed by atoms with Crippen molar-refractivity contribution >= 4 is 27.5 Å². The van der Waals surface area contributed by atoms with Gasteiger partial charge in [0.25, 0.3) is 0 Å². The molecule has 2 amide bonds. The van der Waals surface area contributed by atoms with Crippen LogP contribution in [0.15, 0.2) is 48.5 Å². The molecule has 0 radical (unpaired) electrons. The summed E-state index contributed by atoms with van der Waals surface area (Å²) >= 11 is 0. The molecule has 1 N–H and O–H groups in total. The topological polar surface area (TPSA) is 86.8 Å². The number of nitrogens with zero attached hydrogens (tertiary/aromatic N) is 2. The Morgan fingerprint density at radius 2 is 1.64 bits per heavy atom. The van der Waals surface area contributed by atoms with Crippen LogP contribution in [0.4, 0.5) is 5.69 Å². The summed E-state index contributed by atoms with van der Waals surface area (Å²) in [6.07, 6.45) is 1.64. The Bertz CT molecular complexity index is 1030. The predicted octanol–water partition coefficient (Wildman–Crippen LogP) is 3.40. The zero-order chi connectivity index (χ0) is 24.6. The van der Waals surface area contributed by atoms with Crippen LogP contribution >= 0.6 is 0 Å². The smallest absolute Gasteiger partial charge is 0.242 e. The van der Waals surface area contributed by atoms with Gasteiger partial charge in [0, 0.05) is 26.1 Å². The number of nitrogens with one attached hydrogen (secondary N) is 1. The maximum absolute atomic E-state index is 13.2. The highest BCUT2D eigenvalue weighted by Gasteiger charge is 2.26. The monoisotopic (exact) mass is 473 g/mol. The van der Waals surface area contributed by atoms with E-state index >= 15 is 0 Å². The second-order valence-corrected chi connectivity index (χ2v) is 10.3. The molecular formula is C25H35N3O4S. The summed E-state index contributed by atoms with van der Waals surface area (Å²) < 4.78 is 26.2. The number of benzene rings is 2. The van der Waals surface area contributed by atoms with Crippen LogP contribution in [0.25, 0.3) is 0 Å². The average Bonchev–Trinajstić information content (AvgIpc) is 2.73. The Labute approximate surface area is 197 Å². The zero-order valence-corrected chi connectivity index (χ0v) is 21.0. The molecule has 8 heteroatoms. The third-order valence-electron chi connectivity index (χ3n) is 5.36. The van der Waals surface area contributed by atoms with E-state index in [0.29, 0.717) is 25.2 Å². The SMILES string of the molecule is CCNC(=O)[C@H](C)N(Cc1ccccc1)C(=O)CCCN(c1cc(C)cc(C)c1)S(C)(=O)=O. The molecule has 2 aromatic rings. The van der Waals surface area contributed by atoms with E-state index in [4.69, 9.17) is 0 Å². The summed E-state index contributed by atoms with van der Waals surface area (Å²) in [5.74, 6) is -0.402. The number of sulfonamides is 1. The molecule has 7 nitrogen and oxygen atoms in total. The number of amides is 2. The normalized spacial score (nSPS) is 12.2. The van der Waals surface area contributed by atoms with Crippen molar-refractivity contribution in [1.82, 2.24) is 10.2 Å². The molecule has 1 atom stereocenters. The number of anilines is 1. The van der Waals surface area contributed by atoms with Gasteiger partial charge in [-0.1, -0.05) is 36.4 Å². The van der Waals surface area contributed by atoms with Crippen LogP contribution < -0.4 is 9.62 Å². The fraction of sp³-hybridized carbons (Fsp3) is 0.440. The first kappa shape index (κ1) is 26.4. The second kappa shape index (κ2) is 11.8. The van der Waals surface area contributed by atoms with Crippen molar-refractivity contribution in [2.75, 3.05) is 23.7 Å². The highest BCUT2D eigenvalue weighted by molar-refractivity contribution is 7.92. The minimum absolute atomic E-state index is 0.132. The molecule has 0 aliphatic carbocycles. The maximum Gasteiger partial charge on any atom is 0.242 e. The lowest BCUT2D eigenvalue weighted by molar-refractivity contribution is -0.140. The second-order valence-electron chi connectivity index (χ2n) is 8.36.